The van der Waals surface area contributed by atoms with Crippen molar-refractivity contribution in [3.05, 3.63) is 0 Å². The first-order valence-corrected chi connectivity index (χ1v) is 19.6. The van der Waals surface area contributed by atoms with Gasteiger partial charge in [-0.05, 0) is 74.0 Å². The average Bonchev–Trinajstić information content (AvgIpc) is 3.53. The van der Waals surface area contributed by atoms with Gasteiger partial charge in [0.1, 0.15) is 36.6 Å². The van der Waals surface area contributed by atoms with Crippen LogP contribution in [0.5, 0.6) is 0 Å². The molecule has 4 aliphatic carbocycles. The van der Waals surface area contributed by atoms with Gasteiger partial charge in [0, 0.05) is 31.3 Å². The minimum Gasteiger partial charge on any atom is -0.394 e. The Morgan fingerprint density at radius 1 is 0.846 bits per heavy atom. The minimum absolute atomic E-state index is 0.0299. The summed E-state index contributed by atoms with van der Waals surface area (Å²) in [5, 5.41) is 99.6. The van der Waals surface area contributed by atoms with Crippen molar-refractivity contribution < 1.29 is 69.6 Å². The molecule has 0 bridgehead atoms. The van der Waals surface area contributed by atoms with E-state index in [-0.39, 0.29) is 49.2 Å². The number of aliphatic hydroxyl groups excluding tert-OH is 7. The standard InChI is InChI=1S/C38H66O14/c1-18(2)24(50-34-31(29(45)25(16-39)51-34)52-33-30(48-6)28(44)23(42)17-49-33)8-7-19(3)21-13-22(41)32-35(21,4)11-10-26-36(5)12-9-20(40)14-38(36,47)27(43)15-37(26,32)46/h18-34,39-47H,7-17H2,1-6H3/t19-,20+,21-,22+,23-,24-,25+,26-,27-,28+,29+,30-,31-,32-,33+,34-,35-,36-,37+,38+/m1/s1. The first-order chi connectivity index (χ1) is 24.4. The highest BCUT2D eigenvalue weighted by molar-refractivity contribution is 5.24. The normalized spacial score (nSPS) is 53.3. The Hall–Kier alpha value is -0.560. The number of hydrogen-bond acceptors (Lipinski definition) is 14. The second kappa shape index (κ2) is 15.1. The van der Waals surface area contributed by atoms with Gasteiger partial charge in [0.15, 0.2) is 12.6 Å². The van der Waals surface area contributed by atoms with E-state index >= 15 is 0 Å². The SMILES string of the molecule is CO[C@H]1[C@H](O[C@H]2[C@H](O[C@H](CC[C@@H](C)[C@H]3C[C@H](O)[C@@H]4[C@]3(C)CC[C@H]3[C@@]4(O)C[C@@H](O)[C@@]4(O)C[C@@H](O)CC[C@]34C)C(C)C)O[C@@H](CO)[C@@H]2O)OC[C@@H](O)[C@@H]1O. The van der Waals surface area contributed by atoms with Crippen LogP contribution >= 0.6 is 0 Å². The molecule has 14 nitrogen and oxygen atoms in total. The lowest BCUT2D eigenvalue weighted by Gasteiger charge is -2.68. The molecule has 20 atom stereocenters. The summed E-state index contributed by atoms with van der Waals surface area (Å²) in [6.45, 7) is 9.67. The van der Waals surface area contributed by atoms with Crippen LogP contribution in [0.2, 0.25) is 0 Å². The highest BCUT2D eigenvalue weighted by atomic mass is 16.8. The van der Waals surface area contributed by atoms with Gasteiger partial charge >= 0.3 is 0 Å². The van der Waals surface area contributed by atoms with Gasteiger partial charge in [-0.3, -0.25) is 0 Å². The maximum atomic E-state index is 12.6. The second-order valence-electron chi connectivity index (χ2n) is 18.2. The largest absolute Gasteiger partial charge is 0.394 e. The average molecular weight is 747 g/mol. The molecule has 302 valence electrons. The fourth-order valence-corrected chi connectivity index (χ4v) is 12.1. The Kier molecular flexibility index (Phi) is 11.9. The Labute approximate surface area is 307 Å². The van der Waals surface area contributed by atoms with E-state index in [9.17, 15) is 46.0 Å². The molecule has 0 unspecified atom stereocenters. The van der Waals surface area contributed by atoms with Crippen LogP contribution in [0.4, 0.5) is 0 Å². The predicted molar refractivity (Wildman–Crippen MR) is 184 cm³/mol. The molecular formula is C38H66O14. The van der Waals surface area contributed by atoms with E-state index in [4.69, 9.17) is 23.7 Å². The number of methoxy groups -OCH3 is 1. The number of aliphatic hydroxyl groups is 9. The van der Waals surface area contributed by atoms with Gasteiger partial charge in [0.2, 0.25) is 0 Å². The number of ether oxygens (including phenoxy) is 5. The fraction of sp³-hybridized carbons (Fsp3) is 1.00. The lowest BCUT2D eigenvalue weighted by atomic mass is 9.40. The number of rotatable bonds is 11. The fourth-order valence-electron chi connectivity index (χ4n) is 12.1. The van der Waals surface area contributed by atoms with Gasteiger partial charge in [-0.2, -0.15) is 0 Å². The van der Waals surface area contributed by atoms with Crippen LogP contribution in [0.1, 0.15) is 92.4 Å². The summed E-state index contributed by atoms with van der Waals surface area (Å²) in [4.78, 5) is 0. The Balaban J connectivity index is 1.14. The summed E-state index contributed by atoms with van der Waals surface area (Å²) < 4.78 is 29.5. The molecule has 6 rings (SSSR count). The van der Waals surface area contributed by atoms with E-state index in [0.717, 1.165) is 12.8 Å². The van der Waals surface area contributed by atoms with E-state index < -0.39 is 102 Å². The number of hydrogen-bond donors (Lipinski definition) is 9. The molecule has 9 N–H and O–H groups in total. The second-order valence-corrected chi connectivity index (χ2v) is 18.2. The third-order valence-corrected chi connectivity index (χ3v) is 15.0. The Morgan fingerprint density at radius 2 is 1.56 bits per heavy atom. The van der Waals surface area contributed by atoms with E-state index in [0.29, 0.717) is 32.1 Å². The summed E-state index contributed by atoms with van der Waals surface area (Å²) >= 11 is 0. The van der Waals surface area contributed by atoms with Crippen LogP contribution in [-0.2, 0) is 23.7 Å². The summed E-state index contributed by atoms with van der Waals surface area (Å²) in [7, 11) is 1.35. The van der Waals surface area contributed by atoms with Crippen molar-refractivity contribution in [2.45, 2.75) is 177 Å². The van der Waals surface area contributed by atoms with Crippen molar-refractivity contribution in [1.82, 2.24) is 0 Å². The molecule has 6 fully saturated rings. The highest BCUT2D eigenvalue weighted by Crippen LogP contribution is 2.70. The molecule has 6 aliphatic rings. The Morgan fingerprint density at radius 3 is 2.21 bits per heavy atom. The van der Waals surface area contributed by atoms with Crippen molar-refractivity contribution in [1.29, 1.82) is 0 Å². The molecule has 4 saturated carbocycles. The molecule has 0 amide bonds. The van der Waals surface area contributed by atoms with Gasteiger partial charge < -0.3 is 69.6 Å². The molecule has 2 aliphatic heterocycles. The molecule has 0 aromatic rings. The van der Waals surface area contributed by atoms with Gasteiger partial charge in [0.05, 0.1) is 48.8 Å². The van der Waals surface area contributed by atoms with E-state index in [1.165, 1.54) is 7.11 Å². The van der Waals surface area contributed by atoms with Crippen molar-refractivity contribution in [3.63, 3.8) is 0 Å². The minimum atomic E-state index is -1.50. The summed E-state index contributed by atoms with van der Waals surface area (Å²) in [6, 6.07) is 0. The van der Waals surface area contributed by atoms with Gasteiger partial charge in [-0.1, -0.05) is 34.6 Å². The maximum absolute atomic E-state index is 12.6. The molecule has 0 aromatic heterocycles. The van der Waals surface area contributed by atoms with E-state index in [1.54, 1.807) is 0 Å². The van der Waals surface area contributed by atoms with Crippen molar-refractivity contribution in [2.75, 3.05) is 20.3 Å². The molecular weight excluding hydrogens is 680 g/mol. The van der Waals surface area contributed by atoms with Crippen LogP contribution in [-0.4, -0.2) is 151 Å². The van der Waals surface area contributed by atoms with Crippen molar-refractivity contribution >= 4 is 0 Å². The van der Waals surface area contributed by atoms with Crippen LogP contribution < -0.4 is 0 Å². The van der Waals surface area contributed by atoms with Crippen LogP contribution in [0.3, 0.4) is 0 Å². The van der Waals surface area contributed by atoms with Gasteiger partial charge in [0.25, 0.3) is 0 Å². The smallest absolute Gasteiger partial charge is 0.187 e. The third-order valence-electron chi connectivity index (χ3n) is 15.0. The van der Waals surface area contributed by atoms with Crippen molar-refractivity contribution in [2.24, 2.45) is 40.4 Å². The van der Waals surface area contributed by atoms with E-state index in [1.807, 2.05) is 20.8 Å². The zero-order valence-corrected chi connectivity index (χ0v) is 31.7. The zero-order chi connectivity index (χ0) is 38.1. The van der Waals surface area contributed by atoms with Gasteiger partial charge in [-0.25, -0.2) is 0 Å². The highest BCUT2D eigenvalue weighted by Gasteiger charge is 2.74. The van der Waals surface area contributed by atoms with Gasteiger partial charge in [-0.15, -0.1) is 0 Å². The maximum Gasteiger partial charge on any atom is 0.187 e. The molecule has 2 heterocycles. The summed E-state index contributed by atoms with van der Waals surface area (Å²) in [6.07, 6.45) is -7.77. The van der Waals surface area contributed by atoms with Crippen LogP contribution in [0, 0.1) is 40.4 Å². The lowest BCUT2D eigenvalue weighted by molar-refractivity contribution is -0.315. The van der Waals surface area contributed by atoms with Crippen molar-refractivity contribution in [3.8, 4) is 0 Å². The molecule has 14 heteroatoms. The summed E-state index contributed by atoms with van der Waals surface area (Å²) in [5.74, 6) is -0.584. The van der Waals surface area contributed by atoms with Crippen LogP contribution in [0.15, 0.2) is 0 Å². The first kappa shape index (κ1) is 41.1. The molecule has 0 aromatic carbocycles. The van der Waals surface area contributed by atoms with E-state index in [2.05, 4.69) is 13.8 Å². The lowest BCUT2D eigenvalue weighted by Crippen LogP contribution is -2.75. The molecule has 52 heavy (non-hydrogen) atoms. The third kappa shape index (κ3) is 6.61. The van der Waals surface area contributed by atoms with Crippen LogP contribution in [0.25, 0.3) is 0 Å². The quantitative estimate of drug-likeness (QED) is 0.138. The monoisotopic (exact) mass is 746 g/mol. The predicted octanol–water partition coefficient (Wildman–Crippen LogP) is 0.192. The zero-order valence-electron chi connectivity index (χ0n) is 31.7. The Bertz CT molecular complexity index is 1230. The molecule has 0 radical (unpaired) electrons. The topological polar surface area (TPSA) is 228 Å². The summed E-state index contributed by atoms with van der Waals surface area (Å²) in [5.41, 5.74) is -4.09. The number of fused-ring (bicyclic) bond motifs is 5. The molecule has 2 saturated heterocycles. The molecule has 0 spiro atoms. The first-order valence-electron chi connectivity index (χ1n) is 19.6.